The summed E-state index contributed by atoms with van der Waals surface area (Å²) in [6, 6.07) is 1.95. The third kappa shape index (κ3) is 4.33. The van der Waals surface area contributed by atoms with Crippen molar-refractivity contribution in [1.29, 1.82) is 0 Å². The van der Waals surface area contributed by atoms with Gasteiger partial charge in [-0.25, -0.2) is 0 Å². The summed E-state index contributed by atoms with van der Waals surface area (Å²) in [7, 11) is 0. The van der Waals surface area contributed by atoms with Gasteiger partial charge in [0.15, 0.2) is 0 Å². The van der Waals surface area contributed by atoms with Crippen LogP contribution in [0.2, 0.25) is 0 Å². The SMILES string of the molecule is CC(CN)CSCCn1cccn1. The predicted molar refractivity (Wildman–Crippen MR) is 57.8 cm³/mol. The molecule has 4 heteroatoms. The molecule has 0 aliphatic heterocycles. The van der Waals surface area contributed by atoms with Crippen LogP contribution in [0.25, 0.3) is 0 Å². The normalized spacial score (nSPS) is 13.1. The van der Waals surface area contributed by atoms with Gasteiger partial charge in [0.2, 0.25) is 0 Å². The van der Waals surface area contributed by atoms with E-state index in [1.54, 1.807) is 0 Å². The summed E-state index contributed by atoms with van der Waals surface area (Å²) < 4.78 is 1.96. The average Bonchev–Trinajstić information content (AvgIpc) is 2.64. The van der Waals surface area contributed by atoms with Crippen molar-refractivity contribution in [2.24, 2.45) is 11.7 Å². The minimum Gasteiger partial charge on any atom is -0.330 e. The van der Waals surface area contributed by atoms with Crippen LogP contribution in [-0.4, -0.2) is 27.8 Å². The summed E-state index contributed by atoms with van der Waals surface area (Å²) in [6.07, 6.45) is 3.81. The van der Waals surface area contributed by atoms with Crippen LogP contribution in [0.4, 0.5) is 0 Å². The first-order valence-corrected chi connectivity index (χ1v) is 5.73. The molecule has 0 aliphatic carbocycles. The molecule has 0 spiro atoms. The molecule has 1 rings (SSSR count). The fraction of sp³-hybridized carbons (Fsp3) is 0.667. The Morgan fingerprint density at radius 2 is 2.46 bits per heavy atom. The van der Waals surface area contributed by atoms with E-state index in [4.69, 9.17) is 5.73 Å². The van der Waals surface area contributed by atoms with Crippen LogP contribution in [0.3, 0.4) is 0 Å². The third-order valence-corrected chi connectivity index (χ3v) is 3.10. The highest BCUT2D eigenvalue weighted by molar-refractivity contribution is 7.99. The van der Waals surface area contributed by atoms with E-state index in [1.807, 2.05) is 34.9 Å². The average molecular weight is 199 g/mol. The third-order valence-electron chi connectivity index (χ3n) is 1.83. The number of nitrogens with two attached hydrogens (primary N) is 1. The molecule has 0 radical (unpaired) electrons. The molecule has 0 amide bonds. The Hall–Kier alpha value is -0.480. The lowest BCUT2D eigenvalue weighted by Crippen LogP contribution is -2.13. The van der Waals surface area contributed by atoms with Gasteiger partial charge in [0.05, 0.1) is 0 Å². The second kappa shape index (κ2) is 6.05. The fourth-order valence-electron chi connectivity index (χ4n) is 0.943. The van der Waals surface area contributed by atoms with Gasteiger partial charge in [-0.05, 0) is 24.3 Å². The van der Waals surface area contributed by atoms with Crippen molar-refractivity contribution in [3.63, 3.8) is 0 Å². The van der Waals surface area contributed by atoms with Crippen molar-refractivity contribution in [3.8, 4) is 0 Å². The van der Waals surface area contributed by atoms with Crippen LogP contribution in [0.15, 0.2) is 18.5 Å². The van der Waals surface area contributed by atoms with Crippen molar-refractivity contribution in [2.45, 2.75) is 13.5 Å². The molecule has 1 aromatic heterocycles. The number of hydrogen-bond acceptors (Lipinski definition) is 3. The first-order valence-electron chi connectivity index (χ1n) is 4.58. The highest BCUT2D eigenvalue weighted by Crippen LogP contribution is 2.07. The van der Waals surface area contributed by atoms with Gasteiger partial charge in [-0.1, -0.05) is 6.92 Å². The number of hydrogen-bond donors (Lipinski definition) is 1. The van der Waals surface area contributed by atoms with E-state index >= 15 is 0 Å². The summed E-state index contributed by atoms with van der Waals surface area (Å²) in [4.78, 5) is 0. The molecule has 13 heavy (non-hydrogen) atoms. The van der Waals surface area contributed by atoms with Crippen LogP contribution in [0.1, 0.15) is 6.92 Å². The summed E-state index contributed by atoms with van der Waals surface area (Å²) >= 11 is 1.94. The van der Waals surface area contributed by atoms with Gasteiger partial charge in [0.25, 0.3) is 0 Å². The Morgan fingerprint density at radius 1 is 1.62 bits per heavy atom. The molecular formula is C9H17N3S. The molecule has 3 nitrogen and oxygen atoms in total. The molecule has 0 fully saturated rings. The fourth-order valence-corrected chi connectivity index (χ4v) is 1.96. The Balaban J connectivity index is 2.02. The molecule has 0 aromatic carbocycles. The maximum absolute atomic E-state index is 5.52. The lowest BCUT2D eigenvalue weighted by atomic mass is 10.2. The van der Waals surface area contributed by atoms with Crippen LogP contribution >= 0.6 is 11.8 Å². The second-order valence-electron chi connectivity index (χ2n) is 3.18. The van der Waals surface area contributed by atoms with Crippen LogP contribution in [0.5, 0.6) is 0 Å². The van der Waals surface area contributed by atoms with E-state index in [-0.39, 0.29) is 0 Å². The van der Waals surface area contributed by atoms with Gasteiger partial charge in [0.1, 0.15) is 0 Å². The largest absolute Gasteiger partial charge is 0.330 e. The van der Waals surface area contributed by atoms with Gasteiger partial charge in [-0.15, -0.1) is 0 Å². The molecule has 74 valence electrons. The zero-order valence-electron chi connectivity index (χ0n) is 8.02. The van der Waals surface area contributed by atoms with E-state index < -0.39 is 0 Å². The van der Waals surface area contributed by atoms with E-state index in [9.17, 15) is 0 Å². The van der Waals surface area contributed by atoms with Crippen molar-refractivity contribution in [3.05, 3.63) is 18.5 Å². The Kier molecular flexibility index (Phi) is 4.93. The molecule has 0 aliphatic rings. The standard InChI is InChI=1S/C9H17N3S/c1-9(7-10)8-13-6-5-12-4-2-3-11-12/h2-4,9H,5-8,10H2,1H3. The molecule has 1 unspecified atom stereocenters. The molecule has 0 bridgehead atoms. The number of nitrogens with zero attached hydrogens (tertiary/aromatic N) is 2. The molecule has 0 saturated carbocycles. The molecule has 1 heterocycles. The topological polar surface area (TPSA) is 43.8 Å². The minimum absolute atomic E-state index is 0.627. The maximum atomic E-state index is 5.52. The number of aromatic nitrogens is 2. The lowest BCUT2D eigenvalue weighted by molar-refractivity contribution is 0.657. The van der Waals surface area contributed by atoms with E-state index in [0.29, 0.717) is 5.92 Å². The van der Waals surface area contributed by atoms with Gasteiger partial charge < -0.3 is 5.73 Å². The first-order chi connectivity index (χ1) is 6.33. The smallest absolute Gasteiger partial charge is 0.0499 e. The maximum Gasteiger partial charge on any atom is 0.0499 e. The van der Waals surface area contributed by atoms with Crippen molar-refractivity contribution in [2.75, 3.05) is 18.1 Å². The Bertz CT molecular complexity index is 211. The number of thioether (sulfide) groups is 1. The minimum atomic E-state index is 0.627. The summed E-state index contributed by atoms with van der Waals surface area (Å²) in [5.74, 6) is 2.90. The van der Waals surface area contributed by atoms with Gasteiger partial charge in [-0.3, -0.25) is 4.68 Å². The number of rotatable bonds is 6. The lowest BCUT2D eigenvalue weighted by Gasteiger charge is -2.07. The predicted octanol–water partition coefficient (Wildman–Crippen LogP) is 1.21. The van der Waals surface area contributed by atoms with Crippen LogP contribution in [-0.2, 0) is 6.54 Å². The monoisotopic (exact) mass is 199 g/mol. The van der Waals surface area contributed by atoms with Crippen molar-refractivity contribution in [1.82, 2.24) is 9.78 Å². The van der Waals surface area contributed by atoms with E-state index in [1.165, 1.54) is 0 Å². The molecule has 0 saturated heterocycles. The number of aryl methyl sites for hydroxylation is 1. The summed E-state index contributed by atoms with van der Waals surface area (Å²) in [5, 5.41) is 4.13. The van der Waals surface area contributed by atoms with E-state index in [0.717, 1.165) is 24.6 Å². The molecular weight excluding hydrogens is 182 g/mol. The van der Waals surface area contributed by atoms with Crippen LogP contribution < -0.4 is 5.73 Å². The second-order valence-corrected chi connectivity index (χ2v) is 4.33. The van der Waals surface area contributed by atoms with E-state index in [2.05, 4.69) is 12.0 Å². The Labute approximate surface area is 83.7 Å². The quantitative estimate of drug-likeness (QED) is 0.700. The molecule has 1 atom stereocenters. The van der Waals surface area contributed by atoms with Crippen LogP contribution in [0, 0.1) is 5.92 Å². The molecule has 2 N–H and O–H groups in total. The van der Waals surface area contributed by atoms with Gasteiger partial charge >= 0.3 is 0 Å². The van der Waals surface area contributed by atoms with Gasteiger partial charge in [0, 0.05) is 24.7 Å². The molecule has 1 aromatic rings. The van der Waals surface area contributed by atoms with Crippen molar-refractivity contribution >= 4 is 11.8 Å². The Morgan fingerprint density at radius 3 is 3.08 bits per heavy atom. The zero-order chi connectivity index (χ0) is 9.52. The highest BCUT2D eigenvalue weighted by Gasteiger charge is 1.98. The summed E-state index contributed by atoms with van der Waals surface area (Å²) in [5.41, 5.74) is 5.52. The van der Waals surface area contributed by atoms with Crippen molar-refractivity contribution < 1.29 is 0 Å². The first kappa shape index (κ1) is 10.6. The highest BCUT2D eigenvalue weighted by atomic mass is 32.2. The zero-order valence-corrected chi connectivity index (χ0v) is 8.83. The summed E-state index contributed by atoms with van der Waals surface area (Å²) in [6.45, 7) is 3.96. The van der Waals surface area contributed by atoms with Gasteiger partial charge in [-0.2, -0.15) is 16.9 Å².